The van der Waals surface area contributed by atoms with Gasteiger partial charge in [0.05, 0.1) is 17.4 Å². The Bertz CT molecular complexity index is 1660. The molecular formula is C34H36F3N5O4. The van der Waals surface area contributed by atoms with Gasteiger partial charge in [-0.25, -0.2) is 4.98 Å². The molecule has 2 saturated heterocycles. The maximum Gasteiger partial charge on any atom is 0.573 e. The van der Waals surface area contributed by atoms with Gasteiger partial charge in [-0.2, -0.15) is 0 Å². The van der Waals surface area contributed by atoms with Gasteiger partial charge in [-0.3, -0.25) is 19.5 Å². The number of ether oxygens (including phenoxy) is 2. The van der Waals surface area contributed by atoms with Crippen molar-refractivity contribution in [2.45, 2.75) is 51.1 Å². The van der Waals surface area contributed by atoms with Crippen LogP contribution in [0.4, 0.5) is 13.2 Å². The molecule has 2 aliphatic heterocycles. The number of amides is 1. The van der Waals surface area contributed by atoms with E-state index in [0.717, 1.165) is 48.3 Å². The molecule has 0 saturated carbocycles. The van der Waals surface area contributed by atoms with Crippen molar-refractivity contribution in [3.05, 3.63) is 83.9 Å². The molecular weight excluding hydrogens is 599 g/mol. The van der Waals surface area contributed by atoms with Gasteiger partial charge < -0.3 is 18.9 Å². The summed E-state index contributed by atoms with van der Waals surface area (Å²) in [6.45, 7) is 3.35. The van der Waals surface area contributed by atoms with Crippen molar-refractivity contribution in [1.82, 2.24) is 24.3 Å². The van der Waals surface area contributed by atoms with E-state index < -0.39 is 6.36 Å². The van der Waals surface area contributed by atoms with E-state index in [1.165, 1.54) is 18.3 Å². The van der Waals surface area contributed by atoms with Crippen LogP contribution in [0, 0.1) is 5.92 Å². The van der Waals surface area contributed by atoms with E-state index >= 15 is 0 Å². The number of aryl methyl sites for hydroxylation is 1. The van der Waals surface area contributed by atoms with Gasteiger partial charge in [0.15, 0.2) is 5.78 Å². The van der Waals surface area contributed by atoms with Crippen molar-refractivity contribution in [2.24, 2.45) is 13.0 Å². The number of imidazole rings is 1. The number of piperidine rings is 2. The number of carbonyl (C=O) groups excluding carboxylic acids is 2. The van der Waals surface area contributed by atoms with E-state index in [4.69, 9.17) is 4.74 Å². The molecule has 4 aromatic rings. The van der Waals surface area contributed by atoms with E-state index in [-0.39, 0.29) is 29.5 Å². The van der Waals surface area contributed by atoms with Crippen LogP contribution in [-0.2, 0) is 13.6 Å². The van der Waals surface area contributed by atoms with Crippen molar-refractivity contribution < 1.29 is 32.2 Å². The molecule has 2 aromatic heterocycles. The predicted octanol–water partition coefficient (Wildman–Crippen LogP) is 6.04. The lowest BCUT2D eigenvalue weighted by molar-refractivity contribution is -0.274. The Morgan fingerprint density at radius 3 is 2.28 bits per heavy atom. The van der Waals surface area contributed by atoms with Gasteiger partial charge in [-0.15, -0.1) is 13.2 Å². The largest absolute Gasteiger partial charge is 0.573 e. The van der Waals surface area contributed by atoms with Crippen LogP contribution in [0.1, 0.15) is 58.5 Å². The zero-order valence-electron chi connectivity index (χ0n) is 25.6. The van der Waals surface area contributed by atoms with Crippen LogP contribution in [0.25, 0.3) is 11.0 Å². The number of hydrogen-bond acceptors (Lipinski definition) is 7. The molecule has 0 N–H and O–H groups in total. The molecule has 46 heavy (non-hydrogen) atoms. The molecule has 242 valence electrons. The zero-order valence-corrected chi connectivity index (χ0v) is 25.6. The second-order valence-electron chi connectivity index (χ2n) is 12.1. The minimum Gasteiger partial charge on any atom is -0.490 e. The number of rotatable bonds is 9. The first-order valence-corrected chi connectivity index (χ1v) is 15.5. The number of carbonyl (C=O) groups is 2. The van der Waals surface area contributed by atoms with Crippen LogP contribution < -0.4 is 9.47 Å². The number of nitrogens with zero attached hydrogens (tertiary/aromatic N) is 5. The summed E-state index contributed by atoms with van der Waals surface area (Å²) in [7, 11) is 1.95. The number of pyridine rings is 1. The highest BCUT2D eigenvalue weighted by atomic mass is 19.4. The molecule has 0 bridgehead atoms. The van der Waals surface area contributed by atoms with Gasteiger partial charge in [0, 0.05) is 63.8 Å². The third-order valence-electron chi connectivity index (χ3n) is 8.78. The summed E-state index contributed by atoms with van der Waals surface area (Å²) in [5.41, 5.74) is 3.65. The van der Waals surface area contributed by atoms with Gasteiger partial charge in [-0.05, 0) is 73.8 Å². The predicted molar refractivity (Wildman–Crippen MR) is 165 cm³/mol. The van der Waals surface area contributed by atoms with Crippen LogP contribution in [-0.4, -0.2) is 74.7 Å². The van der Waals surface area contributed by atoms with Gasteiger partial charge in [-0.1, -0.05) is 12.1 Å². The van der Waals surface area contributed by atoms with Crippen molar-refractivity contribution >= 4 is 22.7 Å². The third kappa shape index (κ3) is 7.85. The molecule has 4 heterocycles. The highest BCUT2D eigenvalue weighted by Gasteiger charge is 2.31. The number of fused-ring (bicyclic) bond motifs is 1. The highest BCUT2D eigenvalue weighted by molar-refractivity contribution is 5.97. The first-order valence-electron chi connectivity index (χ1n) is 15.5. The highest BCUT2D eigenvalue weighted by Crippen LogP contribution is 2.27. The fraction of sp³-hybridized carbons (Fsp3) is 0.412. The zero-order chi connectivity index (χ0) is 32.3. The Balaban J connectivity index is 0.926. The van der Waals surface area contributed by atoms with E-state index in [2.05, 4.69) is 19.6 Å². The fourth-order valence-electron chi connectivity index (χ4n) is 6.19. The molecule has 6 rings (SSSR count). The summed E-state index contributed by atoms with van der Waals surface area (Å²) in [6.07, 6.45) is 2.12. The average molecular weight is 636 g/mol. The van der Waals surface area contributed by atoms with E-state index in [0.29, 0.717) is 50.2 Å². The lowest BCUT2D eigenvalue weighted by atomic mass is 9.90. The topological polar surface area (TPSA) is 89.8 Å². The Morgan fingerprint density at radius 1 is 0.891 bits per heavy atom. The molecule has 2 aromatic carbocycles. The number of alkyl halides is 3. The third-order valence-corrected chi connectivity index (χ3v) is 8.78. The summed E-state index contributed by atoms with van der Waals surface area (Å²) in [6, 6.07) is 15.1. The van der Waals surface area contributed by atoms with Gasteiger partial charge >= 0.3 is 6.36 Å². The first-order chi connectivity index (χ1) is 22.1. The molecule has 2 aliphatic rings. The van der Waals surface area contributed by atoms with E-state index in [1.54, 1.807) is 35.5 Å². The number of Topliss-reactive ketones (excluding diaryl/α,β-unsaturated/α-hetero) is 1. The van der Waals surface area contributed by atoms with Crippen LogP contribution in [0.2, 0.25) is 0 Å². The van der Waals surface area contributed by atoms with Crippen LogP contribution in [0.5, 0.6) is 11.5 Å². The van der Waals surface area contributed by atoms with Crippen molar-refractivity contribution in [3.8, 4) is 11.5 Å². The molecule has 0 unspecified atom stereocenters. The van der Waals surface area contributed by atoms with E-state index in [9.17, 15) is 22.8 Å². The average Bonchev–Trinajstić information content (AvgIpc) is 3.42. The van der Waals surface area contributed by atoms with Crippen molar-refractivity contribution in [1.29, 1.82) is 0 Å². The number of halogens is 3. The molecule has 1 amide bonds. The smallest absolute Gasteiger partial charge is 0.490 e. The standard InChI is InChI=1S/C34H36F3N5O4/c1-40-22-39-30-19-28(7-9-31(30)40)45-26-12-16-42(17-13-26)33(44)29-8-4-25(20-38-29)32(43)18-23-10-14-41(15-11-23)21-24-2-5-27(6-3-24)46-34(35,36)37/h2-9,19-20,22-23,26H,10-18,21H2,1H3. The number of hydrogen-bond donors (Lipinski definition) is 0. The van der Waals surface area contributed by atoms with Crippen LogP contribution >= 0.6 is 0 Å². The maximum atomic E-state index is 13.1. The summed E-state index contributed by atoms with van der Waals surface area (Å²) in [4.78, 5) is 38.9. The fourth-order valence-corrected chi connectivity index (χ4v) is 6.19. The minimum atomic E-state index is -4.71. The van der Waals surface area contributed by atoms with Gasteiger partial charge in [0.25, 0.3) is 5.91 Å². The van der Waals surface area contributed by atoms with Crippen molar-refractivity contribution in [3.63, 3.8) is 0 Å². The maximum absolute atomic E-state index is 13.1. The first kappa shape index (κ1) is 31.5. The quantitative estimate of drug-likeness (QED) is 0.207. The lowest BCUT2D eigenvalue weighted by Crippen LogP contribution is -2.42. The molecule has 9 nitrogen and oxygen atoms in total. The Kier molecular flexibility index (Phi) is 9.25. The number of likely N-dealkylation sites (tertiary alicyclic amines) is 2. The van der Waals surface area contributed by atoms with Crippen LogP contribution in [0.15, 0.2) is 67.1 Å². The van der Waals surface area contributed by atoms with Gasteiger partial charge in [0.1, 0.15) is 23.3 Å². The minimum absolute atomic E-state index is 0.00653. The number of ketones is 1. The molecule has 0 radical (unpaired) electrons. The Morgan fingerprint density at radius 2 is 1.61 bits per heavy atom. The van der Waals surface area contributed by atoms with Gasteiger partial charge in [0.2, 0.25) is 0 Å². The summed E-state index contributed by atoms with van der Waals surface area (Å²) >= 11 is 0. The molecule has 2 fully saturated rings. The SMILES string of the molecule is Cn1cnc2cc(OC3CCN(C(=O)c4ccc(C(=O)CC5CCN(Cc6ccc(OC(F)(F)F)cc6)CC5)cn4)CC3)ccc21. The van der Waals surface area contributed by atoms with E-state index in [1.807, 2.05) is 29.8 Å². The molecule has 0 spiro atoms. The second kappa shape index (κ2) is 13.5. The summed E-state index contributed by atoms with van der Waals surface area (Å²) in [5.74, 6) is 0.633. The molecule has 0 aliphatic carbocycles. The molecule has 0 atom stereocenters. The Labute approximate surface area is 264 Å². The summed E-state index contributed by atoms with van der Waals surface area (Å²) < 4.78 is 49.2. The number of aromatic nitrogens is 3. The van der Waals surface area contributed by atoms with Crippen LogP contribution in [0.3, 0.4) is 0 Å². The number of benzene rings is 2. The normalized spacial score (nSPS) is 16.9. The lowest BCUT2D eigenvalue weighted by Gasteiger charge is -2.32. The molecule has 12 heteroatoms. The monoisotopic (exact) mass is 635 g/mol. The summed E-state index contributed by atoms with van der Waals surface area (Å²) in [5, 5.41) is 0. The second-order valence-corrected chi connectivity index (χ2v) is 12.1. The Hall–Kier alpha value is -4.45. The van der Waals surface area contributed by atoms with Crippen molar-refractivity contribution in [2.75, 3.05) is 26.2 Å².